The van der Waals surface area contributed by atoms with E-state index in [4.69, 9.17) is 0 Å². The summed E-state index contributed by atoms with van der Waals surface area (Å²) < 4.78 is 1.95. The van der Waals surface area contributed by atoms with Gasteiger partial charge >= 0.3 is 0 Å². The van der Waals surface area contributed by atoms with E-state index in [1.54, 1.807) is 0 Å². The van der Waals surface area contributed by atoms with Crippen molar-refractivity contribution in [2.24, 2.45) is 4.99 Å². The maximum absolute atomic E-state index is 12.0. The van der Waals surface area contributed by atoms with Crippen LogP contribution in [0.2, 0.25) is 0 Å². The quantitative estimate of drug-likeness (QED) is 0.360. The van der Waals surface area contributed by atoms with E-state index >= 15 is 0 Å². The molecule has 2 aliphatic heterocycles. The number of nitrogens with zero attached hydrogens (tertiary/aromatic N) is 5. The van der Waals surface area contributed by atoms with Crippen molar-refractivity contribution in [1.82, 2.24) is 20.0 Å². The monoisotopic (exact) mass is 522 g/mol. The Labute approximate surface area is 195 Å². The van der Waals surface area contributed by atoms with Crippen molar-refractivity contribution in [3.8, 4) is 0 Å². The van der Waals surface area contributed by atoms with Gasteiger partial charge in [0.25, 0.3) is 0 Å². The van der Waals surface area contributed by atoms with E-state index in [0.717, 1.165) is 51.5 Å². The van der Waals surface area contributed by atoms with Gasteiger partial charge in [-0.25, -0.2) is 0 Å². The molecular formula is C22H31IN6O. The van der Waals surface area contributed by atoms with Gasteiger partial charge in [0.05, 0.1) is 12.7 Å². The first-order valence-electron chi connectivity index (χ1n) is 10.5. The second-order valence-corrected chi connectivity index (χ2v) is 7.89. The maximum atomic E-state index is 12.0. The lowest BCUT2D eigenvalue weighted by Crippen LogP contribution is -2.42. The lowest BCUT2D eigenvalue weighted by Gasteiger charge is -2.23. The number of aromatic nitrogens is 2. The van der Waals surface area contributed by atoms with E-state index in [9.17, 15) is 4.79 Å². The van der Waals surface area contributed by atoms with Crippen LogP contribution in [-0.2, 0) is 11.3 Å². The maximum Gasteiger partial charge on any atom is 0.222 e. The second-order valence-electron chi connectivity index (χ2n) is 7.89. The van der Waals surface area contributed by atoms with E-state index in [0.29, 0.717) is 18.2 Å². The lowest BCUT2D eigenvalue weighted by atomic mass is 9.98. The minimum absolute atomic E-state index is 0. The molecule has 8 heteroatoms. The number of benzene rings is 1. The Balaban J connectivity index is 0.00000256. The van der Waals surface area contributed by atoms with Crippen molar-refractivity contribution in [2.75, 3.05) is 38.1 Å². The highest BCUT2D eigenvalue weighted by Crippen LogP contribution is 2.38. The van der Waals surface area contributed by atoms with Crippen molar-refractivity contribution in [3.05, 3.63) is 47.8 Å². The van der Waals surface area contributed by atoms with E-state index in [-0.39, 0.29) is 24.0 Å². The molecule has 0 spiro atoms. The highest BCUT2D eigenvalue weighted by atomic mass is 127. The summed E-state index contributed by atoms with van der Waals surface area (Å²) in [6.45, 7) is 6.25. The number of hydrogen-bond donors (Lipinski definition) is 1. The van der Waals surface area contributed by atoms with Crippen molar-refractivity contribution in [1.29, 1.82) is 0 Å². The average Bonchev–Trinajstić information content (AvgIpc) is 3.43. The van der Waals surface area contributed by atoms with Gasteiger partial charge in [-0.1, -0.05) is 18.2 Å². The molecule has 0 bridgehead atoms. The van der Waals surface area contributed by atoms with Crippen LogP contribution in [0.15, 0.2) is 41.7 Å². The lowest BCUT2D eigenvalue weighted by molar-refractivity contribution is -0.127. The number of amides is 1. The largest absolute Gasteiger partial charge is 0.354 e. The number of likely N-dealkylation sites (tertiary alicyclic amines) is 1. The Bertz CT molecular complexity index is 895. The molecule has 1 saturated heterocycles. The number of para-hydroxylation sites is 1. The molecular weight excluding hydrogens is 491 g/mol. The number of halogens is 1. The zero-order valence-corrected chi connectivity index (χ0v) is 20.1. The van der Waals surface area contributed by atoms with Crippen LogP contribution in [0.5, 0.6) is 0 Å². The van der Waals surface area contributed by atoms with Gasteiger partial charge < -0.3 is 15.1 Å². The molecule has 1 amide bonds. The van der Waals surface area contributed by atoms with Crippen LogP contribution in [-0.4, -0.2) is 59.8 Å². The third-order valence-electron chi connectivity index (χ3n) is 5.84. The molecule has 7 nitrogen and oxygen atoms in total. The zero-order chi connectivity index (χ0) is 20.2. The number of nitrogens with one attached hydrogen (secondary N) is 1. The summed E-state index contributed by atoms with van der Waals surface area (Å²) in [7, 11) is 1.83. The number of guanidine groups is 1. The van der Waals surface area contributed by atoms with Crippen molar-refractivity contribution in [2.45, 2.75) is 38.6 Å². The predicted molar refractivity (Wildman–Crippen MR) is 131 cm³/mol. The summed E-state index contributed by atoms with van der Waals surface area (Å²) in [4.78, 5) is 20.8. The summed E-state index contributed by atoms with van der Waals surface area (Å²) in [6, 6.07) is 8.57. The van der Waals surface area contributed by atoms with Crippen LogP contribution in [0.25, 0.3) is 0 Å². The molecule has 2 aliphatic rings. The Morgan fingerprint density at radius 2 is 2.13 bits per heavy atom. The number of anilines is 1. The summed E-state index contributed by atoms with van der Waals surface area (Å²) in [5.41, 5.74) is 3.74. The Hall–Kier alpha value is -2.10. The fraction of sp³-hybridized carbons (Fsp3) is 0.500. The first-order chi connectivity index (χ1) is 14.2. The molecule has 2 aromatic rings. The topological polar surface area (TPSA) is 65.8 Å². The number of aliphatic imine (C=N–C) groups is 1. The van der Waals surface area contributed by atoms with Gasteiger partial charge in [-0.2, -0.15) is 5.10 Å². The van der Waals surface area contributed by atoms with E-state index in [1.807, 2.05) is 35.9 Å². The molecule has 30 heavy (non-hydrogen) atoms. The molecule has 1 aromatic heterocycles. The Morgan fingerprint density at radius 1 is 1.30 bits per heavy atom. The standard InChI is InChI=1S/C22H30N6O.HI/c1-17-14-25-27(15-17)13-10-24-22(23-2)28-16-18(19-6-3-4-7-20(19)28)9-12-26-11-5-8-21(26)29;/h3-4,6-7,14-15,18H,5,8-13,16H2,1-2H3,(H,23,24);1H. The van der Waals surface area contributed by atoms with Crippen LogP contribution >= 0.6 is 24.0 Å². The van der Waals surface area contributed by atoms with Gasteiger partial charge in [0.15, 0.2) is 5.96 Å². The summed E-state index contributed by atoms with van der Waals surface area (Å²) in [5.74, 6) is 1.60. The number of hydrogen-bond acceptors (Lipinski definition) is 3. The highest BCUT2D eigenvalue weighted by molar-refractivity contribution is 14.0. The van der Waals surface area contributed by atoms with Gasteiger partial charge in [0.2, 0.25) is 5.91 Å². The second kappa shape index (κ2) is 10.3. The van der Waals surface area contributed by atoms with E-state index in [1.165, 1.54) is 16.8 Å². The molecule has 0 radical (unpaired) electrons. The molecule has 3 heterocycles. The van der Waals surface area contributed by atoms with Gasteiger partial charge in [-0.3, -0.25) is 14.5 Å². The fourth-order valence-corrected chi connectivity index (χ4v) is 4.36. The summed E-state index contributed by atoms with van der Waals surface area (Å²) in [5, 5.41) is 7.83. The molecule has 0 aliphatic carbocycles. The Kier molecular flexibility index (Phi) is 7.74. The van der Waals surface area contributed by atoms with Crippen molar-refractivity contribution < 1.29 is 4.79 Å². The minimum Gasteiger partial charge on any atom is -0.354 e. The number of fused-ring (bicyclic) bond motifs is 1. The molecule has 1 fully saturated rings. The fourth-order valence-electron chi connectivity index (χ4n) is 4.36. The Morgan fingerprint density at radius 3 is 2.83 bits per heavy atom. The van der Waals surface area contributed by atoms with Crippen LogP contribution < -0.4 is 10.2 Å². The predicted octanol–water partition coefficient (Wildman–Crippen LogP) is 3.00. The van der Waals surface area contributed by atoms with Crippen molar-refractivity contribution >= 4 is 41.5 Å². The smallest absolute Gasteiger partial charge is 0.222 e. The molecule has 1 unspecified atom stereocenters. The van der Waals surface area contributed by atoms with Gasteiger partial charge in [-0.05, 0) is 37.0 Å². The number of rotatable bonds is 6. The highest BCUT2D eigenvalue weighted by Gasteiger charge is 2.32. The number of carbonyl (C=O) groups excluding carboxylic acids is 1. The first kappa shape index (κ1) is 22.6. The first-order valence-corrected chi connectivity index (χ1v) is 10.5. The number of aryl methyl sites for hydroxylation is 1. The molecule has 162 valence electrons. The molecule has 1 aromatic carbocycles. The van der Waals surface area contributed by atoms with E-state index in [2.05, 4.69) is 44.6 Å². The van der Waals surface area contributed by atoms with Crippen molar-refractivity contribution in [3.63, 3.8) is 0 Å². The van der Waals surface area contributed by atoms with Gasteiger partial charge in [-0.15, -0.1) is 24.0 Å². The minimum atomic E-state index is 0. The molecule has 4 rings (SSSR count). The zero-order valence-electron chi connectivity index (χ0n) is 17.8. The third-order valence-corrected chi connectivity index (χ3v) is 5.84. The SMILES string of the molecule is CN=C(NCCn1cc(C)cn1)N1CC(CCN2CCCC2=O)c2ccccc21.I. The van der Waals surface area contributed by atoms with Gasteiger partial charge in [0.1, 0.15) is 0 Å². The molecule has 1 N–H and O–H groups in total. The molecule has 0 saturated carbocycles. The van der Waals surface area contributed by atoms with Crippen LogP contribution in [0.1, 0.15) is 36.3 Å². The van der Waals surface area contributed by atoms with Crippen LogP contribution in [0, 0.1) is 6.92 Å². The van der Waals surface area contributed by atoms with E-state index < -0.39 is 0 Å². The summed E-state index contributed by atoms with van der Waals surface area (Å²) >= 11 is 0. The van der Waals surface area contributed by atoms with Crippen LogP contribution in [0.4, 0.5) is 5.69 Å². The number of carbonyl (C=O) groups is 1. The summed E-state index contributed by atoms with van der Waals surface area (Å²) in [6.07, 6.45) is 6.62. The average molecular weight is 522 g/mol. The van der Waals surface area contributed by atoms with Gasteiger partial charge in [0, 0.05) is 57.4 Å². The molecule has 1 atom stereocenters. The third kappa shape index (κ3) is 4.96. The normalized spacial score (nSPS) is 18.5. The van der Waals surface area contributed by atoms with Crippen LogP contribution in [0.3, 0.4) is 0 Å².